The summed E-state index contributed by atoms with van der Waals surface area (Å²) in [6.45, 7) is 0.365. The molecule has 0 saturated heterocycles. The molecule has 7 heteroatoms. The van der Waals surface area contributed by atoms with Crippen molar-refractivity contribution in [2.75, 3.05) is 13.2 Å². The molecule has 1 unspecified atom stereocenters. The lowest BCUT2D eigenvalue weighted by Gasteiger charge is -2.13. The molecule has 0 aliphatic carbocycles. The first-order valence-electron chi connectivity index (χ1n) is 7.49. The SMILES string of the molecule is NC(=O)OCC1=NOC(COc2ccccc2-c2ccccn2)C1. The van der Waals surface area contributed by atoms with Gasteiger partial charge < -0.3 is 20.0 Å². The van der Waals surface area contributed by atoms with Crippen LogP contribution in [0.4, 0.5) is 4.79 Å². The number of nitrogens with zero attached hydrogens (tertiary/aromatic N) is 2. The van der Waals surface area contributed by atoms with E-state index in [2.05, 4.69) is 10.1 Å². The maximum absolute atomic E-state index is 10.6. The molecule has 1 aliphatic heterocycles. The summed E-state index contributed by atoms with van der Waals surface area (Å²) in [6.07, 6.45) is 1.21. The molecule has 1 atom stereocenters. The minimum atomic E-state index is -0.832. The fourth-order valence-corrected chi connectivity index (χ4v) is 2.32. The highest BCUT2D eigenvalue weighted by Gasteiger charge is 2.23. The van der Waals surface area contributed by atoms with Crippen LogP contribution in [0.5, 0.6) is 5.75 Å². The van der Waals surface area contributed by atoms with E-state index in [-0.39, 0.29) is 12.7 Å². The average molecular weight is 327 g/mol. The fraction of sp³-hybridized carbons (Fsp3) is 0.235. The maximum atomic E-state index is 10.6. The summed E-state index contributed by atoms with van der Waals surface area (Å²) in [5.74, 6) is 0.724. The van der Waals surface area contributed by atoms with E-state index in [0.717, 1.165) is 17.0 Å². The van der Waals surface area contributed by atoms with E-state index in [1.165, 1.54) is 0 Å². The number of pyridine rings is 1. The van der Waals surface area contributed by atoms with Crippen LogP contribution in [-0.4, -0.2) is 36.1 Å². The summed E-state index contributed by atoms with van der Waals surface area (Å²) in [4.78, 5) is 20.2. The number of ether oxygens (including phenoxy) is 2. The molecule has 7 nitrogen and oxygen atoms in total. The lowest BCUT2D eigenvalue weighted by atomic mass is 10.1. The Labute approximate surface area is 139 Å². The minimum absolute atomic E-state index is 0.0381. The minimum Gasteiger partial charge on any atom is -0.489 e. The van der Waals surface area contributed by atoms with Crippen LogP contribution < -0.4 is 10.5 Å². The van der Waals surface area contributed by atoms with E-state index in [9.17, 15) is 4.79 Å². The van der Waals surface area contributed by atoms with Crippen molar-refractivity contribution in [3.63, 3.8) is 0 Å². The first kappa shape index (κ1) is 15.8. The second kappa shape index (κ2) is 7.45. The Morgan fingerprint density at radius 2 is 2.08 bits per heavy atom. The first-order chi connectivity index (χ1) is 11.7. The predicted octanol–water partition coefficient (Wildman–Crippen LogP) is 2.37. The Balaban J connectivity index is 1.58. The summed E-state index contributed by atoms with van der Waals surface area (Å²) < 4.78 is 10.6. The van der Waals surface area contributed by atoms with E-state index in [4.69, 9.17) is 20.0 Å². The molecule has 0 fully saturated rings. The van der Waals surface area contributed by atoms with Gasteiger partial charge in [-0.15, -0.1) is 0 Å². The zero-order chi connectivity index (χ0) is 16.8. The van der Waals surface area contributed by atoms with Crippen LogP contribution in [0.25, 0.3) is 11.3 Å². The Morgan fingerprint density at radius 1 is 1.25 bits per heavy atom. The number of carbonyl (C=O) groups excluding carboxylic acids is 1. The molecule has 124 valence electrons. The zero-order valence-corrected chi connectivity index (χ0v) is 12.9. The van der Waals surface area contributed by atoms with Gasteiger partial charge in [0.25, 0.3) is 0 Å². The van der Waals surface area contributed by atoms with Crippen molar-refractivity contribution in [3.8, 4) is 17.0 Å². The molecule has 2 N–H and O–H groups in total. The summed E-state index contributed by atoms with van der Waals surface area (Å²) in [5.41, 5.74) is 7.30. The molecular weight excluding hydrogens is 310 g/mol. The summed E-state index contributed by atoms with van der Waals surface area (Å²) in [7, 11) is 0. The van der Waals surface area contributed by atoms with E-state index < -0.39 is 6.09 Å². The number of hydrogen-bond donors (Lipinski definition) is 1. The van der Waals surface area contributed by atoms with Gasteiger partial charge >= 0.3 is 6.09 Å². The highest BCUT2D eigenvalue weighted by molar-refractivity contribution is 5.88. The van der Waals surface area contributed by atoms with Gasteiger partial charge in [-0.1, -0.05) is 23.4 Å². The number of hydrogen-bond acceptors (Lipinski definition) is 6. The number of para-hydroxylation sites is 1. The number of nitrogens with two attached hydrogens (primary N) is 1. The monoisotopic (exact) mass is 327 g/mol. The number of benzene rings is 1. The van der Waals surface area contributed by atoms with E-state index in [1.807, 2.05) is 42.5 Å². The first-order valence-corrected chi connectivity index (χ1v) is 7.49. The van der Waals surface area contributed by atoms with E-state index in [0.29, 0.717) is 18.7 Å². The molecule has 1 aliphatic rings. The Hall–Kier alpha value is -3.09. The standard InChI is InChI=1S/C17H17N3O4/c18-17(21)23-10-12-9-13(24-20-12)11-22-16-7-2-1-5-14(16)15-6-3-4-8-19-15/h1-8,13H,9-11H2,(H2,18,21). The third kappa shape index (κ3) is 4.01. The van der Waals surface area contributed by atoms with Gasteiger partial charge in [0.05, 0.1) is 11.4 Å². The molecule has 1 aromatic heterocycles. The van der Waals surface area contributed by atoms with Crippen molar-refractivity contribution in [1.29, 1.82) is 0 Å². The van der Waals surface area contributed by atoms with Crippen LogP contribution in [0, 0.1) is 0 Å². The van der Waals surface area contributed by atoms with Crippen molar-refractivity contribution in [2.45, 2.75) is 12.5 Å². The topological polar surface area (TPSA) is 96.0 Å². The van der Waals surface area contributed by atoms with Gasteiger partial charge in [-0.2, -0.15) is 0 Å². The summed E-state index contributed by atoms with van der Waals surface area (Å²) in [5, 5.41) is 3.87. The van der Waals surface area contributed by atoms with Crippen molar-refractivity contribution in [2.24, 2.45) is 10.9 Å². The molecule has 0 saturated carbocycles. The molecule has 2 aromatic rings. The zero-order valence-electron chi connectivity index (χ0n) is 12.9. The van der Waals surface area contributed by atoms with Crippen molar-refractivity contribution >= 4 is 11.8 Å². The van der Waals surface area contributed by atoms with Gasteiger partial charge in [0.15, 0.2) is 6.10 Å². The van der Waals surface area contributed by atoms with Crippen LogP contribution in [0.15, 0.2) is 53.8 Å². The number of rotatable bonds is 6. The van der Waals surface area contributed by atoms with Gasteiger partial charge in [0, 0.05) is 18.2 Å². The Bertz CT molecular complexity index is 734. The van der Waals surface area contributed by atoms with Crippen molar-refractivity contribution in [1.82, 2.24) is 4.98 Å². The van der Waals surface area contributed by atoms with Crippen LogP contribution in [0.3, 0.4) is 0 Å². The maximum Gasteiger partial charge on any atom is 0.404 e. The average Bonchev–Trinajstić information content (AvgIpc) is 3.07. The number of aromatic nitrogens is 1. The summed E-state index contributed by atoms with van der Waals surface area (Å²) >= 11 is 0. The number of carbonyl (C=O) groups is 1. The van der Waals surface area contributed by atoms with E-state index in [1.54, 1.807) is 6.20 Å². The molecule has 0 spiro atoms. The largest absolute Gasteiger partial charge is 0.489 e. The lowest BCUT2D eigenvalue weighted by Crippen LogP contribution is -2.21. The van der Waals surface area contributed by atoms with Gasteiger partial charge in [0.2, 0.25) is 0 Å². The molecule has 0 radical (unpaired) electrons. The molecular formula is C17H17N3O4. The Morgan fingerprint density at radius 3 is 2.88 bits per heavy atom. The normalized spacial score (nSPS) is 16.2. The van der Waals surface area contributed by atoms with E-state index >= 15 is 0 Å². The Kier molecular flexibility index (Phi) is 4.90. The number of primary amides is 1. The number of amides is 1. The van der Waals surface area contributed by atoms with Gasteiger partial charge in [-0.3, -0.25) is 4.98 Å². The van der Waals surface area contributed by atoms with Crippen molar-refractivity contribution in [3.05, 3.63) is 48.7 Å². The van der Waals surface area contributed by atoms with Gasteiger partial charge in [-0.25, -0.2) is 4.79 Å². The number of oxime groups is 1. The van der Waals surface area contributed by atoms with Crippen LogP contribution in [0.2, 0.25) is 0 Å². The fourth-order valence-electron chi connectivity index (χ4n) is 2.32. The molecule has 3 rings (SSSR count). The lowest BCUT2D eigenvalue weighted by molar-refractivity contribution is 0.0472. The highest BCUT2D eigenvalue weighted by Crippen LogP contribution is 2.28. The van der Waals surface area contributed by atoms with Gasteiger partial charge in [-0.05, 0) is 24.3 Å². The third-order valence-corrected chi connectivity index (χ3v) is 3.43. The summed E-state index contributed by atoms with van der Waals surface area (Å²) in [6, 6.07) is 13.4. The molecule has 0 bridgehead atoms. The molecule has 2 heterocycles. The van der Waals surface area contributed by atoms with Crippen LogP contribution in [0.1, 0.15) is 6.42 Å². The van der Waals surface area contributed by atoms with Crippen molar-refractivity contribution < 1.29 is 19.1 Å². The van der Waals surface area contributed by atoms with Crippen LogP contribution in [-0.2, 0) is 9.57 Å². The molecule has 24 heavy (non-hydrogen) atoms. The third-order valence-electron chi connectivity index (χ3n) is 3.43. The second-order valence-corrected chi connectivity index (χ2v) is 5.22. The quantitative estimate of drug-likeness (QED) is 0.878. The highest BCUT2D eigenvalue weighted by atomic mass is 16.7. The molecule has 1 aromatic carbocycles. The molecule has 1 amide bonds. The second-order valence-electron chi connectivity index (χ2n) is 5.22. The van der Waals surface area contributed by atoms with Crippen LogP contribution >= 0.6 is 0 Å². The van der Waals surface area contributed by atoms with Gasteiger partial charge in [0.1, 0.15) is 19.0 Å². The smallest absolute Gasteiger partial charge is 0.404 e. The predicted molar refractivity (Wildman–Crippen MR) is 87.6 cm³/mol.